The first-order valence-corrected chi connectivity index (χ1v) is 10.8. The number of nitrogens with one attached hydrogen (secondary N) is 1. The van der Waals surface area contributed by atoms with Crippen LogP contribution in [0.1, 0.15) is 11.1 Å². The smallest absolute Gasteiger partial charge is 0.246 e. The van der Waals surface area contributed by atoms with Gasteiger partial charge >= 0.3 is 0 Å². The van der Waals surface area contributed by atoms with E-state index in [0.717, 1.165) is 27.7 Å². The van der Waals surface area contributed by atoms with Crippen molar-refractivity contribution < 1.29 is 9.53 Å². The first-order chi connectivity index (χ1) is 17.0. The van der Waals surface area contributed by atoms with Gasteiger partial charge < -0.3 is 15.0 Å². The maximum absolute atomic E-state index is 11.9. The number of ether oxygens (including phenoxy) is 1. The number of carbonyl (C=O) groups is 1. The summed E-state index contributed by atoms with van der Waals surface area (Å²) in [7, 11) is 3.43. The van der Waals surface area contributed by atoms with Gasteiger partial charge in [0.25, 0.3) is 0 Å². The van der Waals surface area contributed by atoms with Crippen molar-refractivity contribution >= 4 is 40.0 Å². The van der Waals surface area contributed by atoms with Crippen LogP contribution in [0.5, 0.6) is 11.6 Å². The Kier molecular flexibility index (Phi) is 5.76. The van der Waals surface area contributed by atoms with E-state index >= 15 is 0 Å². The Labute approximate surface area is 200 Å². The molecule has 0 spiro atoms. The van der Waals surface area contributed by atoms with Crippen LogP contribution in [-0.2, 0) is 4.79 Å². The molecule has 0 radical (unpaired) electrons. The number of benzene rings is 2. The molecule has 1 N–H and O–H groups in total. The third kappa shape index (κ3) is 4.76. The van der Waals surface area contributed by atoms with Crippen LogP contribution in [0.15, 0.2) is 67.5 Å². The van der Waals surface area contributed by atoms with Gasteiger partial charge in [0.15, 0.2) is 5.65 Å². The van der Waals surface area contributed by atoms with Crippen molar-refractivity contribution in [1.29, 1.82) is 0 Å². The second kappa shape index (κ2) is 9.18. The largest absolute Gasteiger partial charge is 0.439 e. The highest BCUT2D eigenvalue weighted by atomic mass is 16.5. The van der Waals surface area contributed by atoms with E-state index in [0.29, 0.717) is 23.1 Å². The molecule has 0 aliphatic heterocycles. The van der Waals surface area contributed by atoms with Gasteiger partial charge in [-0.1, -0.05) is 6.07 Å². The molecular weight excluding hydrogens is 444 g/mol. The summed E-state index contributed by atoms with van der Waals surface area (Å²) in [5.74, 6) is 1.69. The van der Waals surface area contributed by atoms with Crippen molar-refractivity contribution in [2.45, 2.75) is 6.92 Å². The van der Waals surface area contributed by atoms with Gasteiger partial charge in [-0.15, -0.1) is 10.2 Å². The molecule has 0 unspecified atom stereocenters. The summed E-state index contributed by atoms with van der Waals surface area (Å²) in [5.41, 5.74) is 4.09. The van der Waals surface area contributed by atoms with Gasteiger partial charge in [-0.2, -0.15) is 0 Å². The molecule has 0 saturated carbocycles. The molecule has 1 amide bonds. The van der Waals surface area contributed by atoms with Crippen molar-refractivity contribution in [3.8, 4) is 11.6 Å². The second-order valence-electron chi connectivity index (χ2n) is 8.10. The van der Waals surface area contributed by atoms with E-state index in [1.807, 2.05) is 43.3 Å². The summed E-state index contributed by atoms with van der Waals surface area (Å²) in [5, 5.41) is 12.1. The van der Waals surface area contributed by atoms with Gasteiger partial charge in [0, 0.05) is 37.3 Å². The standard InChI is InChI=1S/C25H22N8O2/c1-16-10-18(6-8-21(16)35-23-12-22-31-29-15-33(22)14-28-23)30-25-19-11-17(5-9-24(34)32(2)3)4-7-20(19)26-13-27-25/h4-15H,1-3H3,(H,26,27,30)/b9-5+. The van der Waals surface area contributed by atoms with Crippen molar-refractivity contribution in [2.75, 3.05) is 19.4 Å². The number of fused-ring (bicyclic) bond motifs is 2. The first kappa shape index (κ1) is 22.0. The topological polar surface area (TPSA) is 110 Å². The third-order valence-electron chi connectivity index (χ3n) is 5.33. The van der Waals surface area contributed by atoms with Crippen LogP contribution in [0.25, 0.3) is 22.6 Å². The number of hydrogen-bond acceptors (Lipinski definition) is 8. The average molecular weight is 467 g/mol. The highest BCUT2D eigenvalue weighted by Crippen LogP contribution is 2.29. The Morgan fingerprint density at radius 2 is 1.94 bits per heavy atom. The normalized spacial score (nSPS) is 11.3. The molecule has 3 heterocycles. The van der Waals surface area contributed by atoms with Crippen molar-refractivity contribution in [3.05, 3.63) is 78.6 Å². The van der Waals surface area contributed by atoms with E-state index in [1.165, 1.54) is 17.3 Å². The van der Waals surface area contributed by atoms with Gasteiger partial charge in [-0.05, 0) is 54.5 Å². The fourth-order valence-electron chi connectivity index (χ4n) is 3.45. The molecule has 0 aliphatic carbocycles. The molecule has 0 saturated heterocycles. The van der Waals surface area contributed by atoms with E-state index in [2.05, 4.69) is 30.5 Å². The zero-order valence-electron chi connectivity index (χ0n) is 19.4. The number of carbonyl (C=O) groups excluding carboxylic acids is 1. The Hall–Kier alpha value is -4.86. The van der Waals surface area contributed by atoms with Crippen LogP contribution < -0.4 is 10.1 Å². The molecule has 5 rings (SSSR count). The summed E-state index contributed by atoms with van der Waals surface area (Å²) >= 11 is 0. The van der Waals surface area contributed by atoms with Crippen molar-refractivity contribution in [2.24, 2.45) is 0 Å². The number of likely N-dealkylation sites (N-methyl/N-ethyl adjacent to an activating group) is 1. The minimum Gasteiger partial charge on any atom is -0.439 e. The van der Waals surface area contributed by atoms with Gasteiger partial charge in [0.1, 0.15) is 30.5 Å². The number of hydrogen-bond donors (Lipinski definition) is 1. The molecule has 0 bridgehead atoms. The highest BCUT2D eigenvalue weighted by Gasteiger charge is 2.09. The average Bonchev–Trinajstić information content (AvgIpc) is 3.32. The Morgan fingerprint density at radius 1 is 1.06 bits per heavy atom. The Bertz CT molecular complexity index is 1570. The zero-order valence-corrected chi connectivity index (χ0v) is 19.4. The van der Waals surface area contributed by atoms with Crippen molar-refractivity contribution in [3.63, 3.8) is 0 Å². The van der Waals surface area contributed by atoms with Gasteiger partial charge in [0.2, 0.25) is 11.8 Å². The molecule has 0 fully saturated rings. The number of amides is 1. The molecule has 35 heavy (non-hydrogen) atoms. The molecule has 10 nitrogen and oxygen atoms in total. The first-order valence-electron chi connectivity index (χ1n) is 10.8. The van der Waals surface area contributed by atoms with Crippen LogP contribution in [-0.4, -0.2) is 54.5 Å². The molecule has 0 aliphatic rings. The van der Waals surface area contributed by atoms with Gasteiger partial charge in [-0.25, -0.2) is 15.0 Å². The van der Waals surface area contributed by atoms with E-state index in [4.69, 9.17) is 4.74 Å². The molecule has 0 atom stereocenters. The second-order valence-corrected chi connectivity index (χ2v) is 8.10. The number of aromatic nitrogens is 6. The van der Waals surface area contributed by atoms with Crippen LogP contribution >= 0.6 is 0 Å². The number of nitrogens with zero attached hydrogens (tertiary/aromatic N) is 7. The summed E-state index contributed by atoms with van der Waals surface area (Å²) in [6.45, 7) is 1.96. The lowest BCUT2D eigenvalue weighted by Crippen LogP contribution is -2.18. The Morgan fingerprint density at radius 3 is 2.77 bits per heavy atom. The molecular formula is C25H22N8O2. The Balaban J connectivity index is 1.38. The lowest BCUT2D eigenvalue weighted by Gasteiger charge is -2.12. The summed E-state index contributed by atoms with van der Waals surface area (Å²) in [4.78, 5) is 26.5. The molecule has 10 heteroatoms. The monoisotopic (exact) mass is 466 g/mol. The van der Waals surface area contributed by atoms with E-state index in [-0.39, 0.29) is 5.91 Å². The minimum atomic E-state index is -0.0814. The fraction of sp³-hybridized carbons (Fsp3) is 0.120. The SMILES string of the molecule is Cc1cc(Nc2ncnc3ccc(/C=C/C(=O)N(C)C)cc23)ccc1Oc1cc2nncn2cn1. The quantitative estimate of drug-likeness (QED) is 0.374. The fourth-order valence-corrected chi connectivity index (χ4v) is 3.45. The summed E-state index contributed by atoms with van der Waals surface area (Å²) < 4.78 is 7.67. The van der Waals surface area contributed by atoms with Crippen molar-refractivity contribution in [1.82, 2.24) is 34.4 Å². The summed E-state index contributed by atoms with van der Waals surface area (Å²) in [6.07, 6.45) is 8.02. The number of rotatable bonds is 6. The molecule has 5 aromatic rings. The van der Waals surface area contributed by atoms with Gasteiger partial charge in [0.05, 0.1) is 5.52 Å². The maximum Gasteiger partial charge on any atom is 0.246 e. The third-order valence-corrected chi connectivity index (χ3v) is 5.33. The lowest BCUT2D eigenvalue weighted by molar-refractivity contribution is -0.123. The highest BCUT2D eigenvalue weighted by molar-refractivity contribution is 5.95. The molecule has 2 aromatic carbocycles. The maximum atomic E-state index is 11.9. The molecule has 3 aromatic heterocycles. The van der Waals surface area contributed by atoms with Crippen LogP contribution in [0.2, 0.25) is 0 Å². The summed E-state index contributed by atoms with van der Waals surface area (Å²) in [6, 6.07) is 13.3. The van der Waals surface area contributed by atoms with E-state index in [9.17, 15) is 4.79 Å². The van der Waals surface area contributed by atoms with Crippen LogP contribution in [0.3, 0.4) is 0 Å². The minimum absolute atomic E-state index is 0.0814. The predicted octanol–water partition coefficient (Wildman–Crippen LogP) is 4.01. The lowest BCUT2D eigenvalue weighted by atomic mass is 10.1. The zero-order chi connectivity index (χ0) is 24.4. The van der Waals surface area contributed by atoms with Gasteiger partial charge in [-0.3, -0.25) is 9.20 Å². The van der Waals surface area contributed by atoms with Crippen LogP contribution in [0, 0.1) is 6.92 Å². The van der Waals surface area contributed by atoms with Crippen LogP contribution in [0.4, 0.5) is 11.5 Å². The number of aryl methyl sites for hydroxylation is 1. The van der Waals surface area contributed by atoms with E-state index < -0.39 is 0 Å². The number of anilines is 2. The molecule has 174 valence electrons. The van der Waals surface area contributed by atoms with E-state index in [1.54, 1.807) is 43.3 Å². The predicted molar refractivity (Wildman–Crippen MR) is 133 cm³/mol.